The molecule has 0 saturated heterocycles. The molecule has 2 heterocycles. The monoisotopic (exact) mass is 446 g/mol. The summed E-state index contributed by atoms with van der Waals surface area (Å²) in [5, 5.41) is 2.65. The molecule has 0 radical (unpaired) electrons. The lowest BCUT2D eigenvalue weighted by Gasteiger charge is -2.10. The van der Waals surface area contributed by atoms with Crippen molar-refractivity contribution in [2.24, 2.45) is 0 Å². The zero-order chi connectivity index (χ0) is 22.8. The van der Waals surface area contributed by atoms with Crippen LogP contribution in [0.5, 0.6) is 0 Å². The number of ether oxygens (including phenoxy) is 1. The highest BCUT2D eigenvalue weighted by Crippen LogP contribution is 2.31. The third kappa shape index (κ3) is 4.50. The van der Waals surface area contributed by atoms with E-state index in [9.17, 15) is 9.59 Å². The summed E-state index contributed by atoms with van der Waals surface area (Å²) in [6.07, 6.45) is 1.42. The summed E-state index contributed by atoms with van der Waals surface area (Å²) < 4.78 is 6.84. The molecule has 6 heteroatoms. The molecule has 0 saturated carbocycles. The van der Waals surface area contributed by atoms with Gasteiger partial charge in [0.25, 0.3) is 5.56 Å². The van der Waals surface area contributed by atoms with Crippen LogP contribution in [0.3, 0.4) is 0 Å². The Morgan fingerprint density at radius 2 is 1.72 bits per heavy atom. The second-order valence-corrected chi connectivity index (χ2v) is 9.29. The number of esters is 1. The van der Waals surface area contributed by atoms with Gasteiger partial charge in [-0.05, 0) is 48.6 Å². The highest BCUT2D eigenvalue weighted by Gasteiger charge is 2.14. The Morgan fingerprint density at radius 3 is 2.34 bits per heavy atom. The van der Waals surface area contributed by atoms with Crippen LogP contribution < -0.4 is 5.56 Å². The van der Waals surface area contributed by atoms with E-state index in [2.05, 4.69) is 43.1 Å². The molecule has 0 unspecified atom stereocenters. The smallest absolute Gasteiger partial charge is 0.338 e. The zero-order valence-electron chi connectivity index (χ0n) is 18.7. The molecule has 164 valence electrons. The van der Waals surface area contributed by atoms with Crippen molar-refractivity contribution >= 4 is 27.5 Å². The van der Waals surface area contributed by atoms with Gasteiger partial charge in [-0.25, -0.2) is 9.78 Å². The molecule has 0 atom stereocenters. The van der Waals surface area contributed by atoms with Crippen molar-refractivity contribution in [3.05, 3.63) is 87.3 Å². The maximum Gasteiger partial charge on any atom is 0.338 e. The number of carbonyl (C=O) groups excluding carboxylic acids is 1. The Morgan fingerprint density at radius 1 is 1.03 bits per heavy atom. The van der Waals surface area contributed by atoms with Gasteiger partial charge in [-0.1, -0.05) is 50.2 Å². The van der Waals surface area contributed by atoms with Crippen LogP contribution >= 0.6 is 11.3 Å². The van der Waals surface area contributed by atoms with Crippen molar-refractivity contribution in [3.8, 4) is 11.1 Å². The molecule has 0 aliphatic carbocycles. The quantitative estimate of drug-likeness (QED) is 0.348. The molecule has 2 aromatic heterocycles. The Bertz CT molecular complexity index is 1300. The molecule has 32 heavy (non-hydrogen) atoms. The summed E-state index contributed by atoms with van der Waals surface area (Å²) >= 11 is 1.48. The van der Waals surface area contributed by atoms with E-state index in [0.717, 1.165) is 21.5 Å². The minimum absolute atomic E-state index is 0.0671. The van der Waals surface area contributed by atoms with Crippen LogP contribution in [0.1, 0.15) is 55.1 Å². The van der Waals surface area contributed by atoms with E-state index < -0.39 is 0 Å². The molecule has 0 N–H and O–H groups in total. The Labute approximate surface area is 191 Å². The Kier molecular flexibility index (Phi) is 6.24. The largest absolute Gasteiger partial charge is 0.459 e. The van der Waals surface area contributed by atoms with Crippen LogP contribution in [0.4, 0.5) is 0 Å². The first-order valence-corrected chi connectivity index (χ1v) is 11.6. The van der Waals surface area contributed by atoms with E-state index in [-0.39, 0.29) is 17.6 Å². The van der Waals surface area contributed by atoms with Gasteiger partial charge in [-0.15, -0.1) is 11.3 Å². The van der Waals surface area contributed by atoms with Crippen LogP contribution in [0.25, 0.3) is 21.3 Å². The maximum absolute atomic E-state index is 13.3. The summed E-state index contributed by atoms with van der Waals surface area (Å²) in [5.74, 6) is 0.110. The number of hydrogen-bond acceptors (Lipinski definition) is 5. The lowest BCUT2D eigenvalue weighted by atomic mass is 9.99. The van der Waals surface area contributed by atoms with Gasteiger partial charge < -0.3 is 4.74 Å². The molecule has 4 aromatic rings. The number of nitrogens with zero attached hydrogens (tertiary/aromatic N) is 2. The van der Waals surface area contributed by atoms with E-state index in [1.165, 1.54) is 16.9 Å². The lowest BCUT2D eigenvalue weighted by Crippen LogP contribution is -2.21. The van der Waals surface area contributed by atoms with Crippen molar-refractivity contribution in [3.63, 3.8) is 0 Å². The Hall–Kier alpha value is -3.25. The van der Waals surface area contributed by atoms with E-state index in [1.54, 1.807) is 23.0 Å². The Balaban J connectivity index is 1.63. The van der Waals surface area contributed by atoms with Crippen molar-refractivity contribution in [2.45, 2.75) is 46.3 Å². The molecular formula is C26H26N2O3S. The summed E-state index contributed by atoms with van der Waals surface area (Å²) in [7, 11) is 0. The van der Waals surface area contributed by atoms with Gasteiger partial charge in [0.05, 0.1) is 29.9 Å². The third-order valence-electron chi connectivity index (χ3n) is 5.33. The summed E-state index contributed by atoms with van der Waals surface area (Å²) in [5.41, 5.74) is 4.54. The van der Waals surface area contributed by atoms with Crippen molar-refractivity contribution < 1.29 is 9.53 Å². The van der Waals surface area contributed by atoms with Gasteiger partial charge in [0.15, 0.2) is 0 Å². The normalized spacial score (nSPS) is 11.4. The first-order valence-electron chi connectivity index (χ1n) is 10.7. The lowest BCUT2D eigenvalue weighted by molar-refractivity contribution is 0.0378. The summed E-state index contributed by atoms with van der Waals surface area (Å²) in [4.78, 5) is 30.6. The van der Waals surface area contributed by atoms with E-state index >= 15 is 0 Å². The van der Waals surface area contributed by atoms with Gasteiger partial charge in [-0.2, -0.15) is 0 Å². The minimum atomic E-state index is -0.349. The van der Waals surface area contributed by atoms with Gasteiger partial charge in [0.1, 0.15) is 4.83 Å². The second kappa shape index (κ2) is 9.09. The highest BCUT2D eigenvalue weighted by atomic mass is 32.1. The van der Waals surface area contributed by atoms with E-state index in [4.69, 9.17) is 4.74 Å². The molecule has 4 rings (SSSR count). The van der Waals surface area contributed by atoms with Crippen LogP contribution in [0.15, 0.2) is 65.0 Å². The van der Waals surface area contributed by atoms with E-state index in [1.807, 2.05) is 31.4 Å². The fourth-order valence-electron chi connectivity index (χ4n) is 3.57. The first kappa shape index (κ1) is 22.0. The molecule has 0 bridgehead atoms. The van der Waals surface area contributed by atoms with Crippen molar-refractivity contribution in [2.75, 3.05) is 0 Å². The molecule has 0 amide bonds. The molecular weight excluding hydrogens is 420 g/mol. The number of benzene rings is 2. The summed E-state index contributed by atoms with van der Waals surface area (Å²) in [6, 6.07) is 15.5. The third-order valence-corrected chi connectivity index (χ3v) is 6.22. The van der Waals surface area contributed by atoms with E-state index in [0.29, 0.717) is 23.4 Å². The number of hydrogen-bond donors (Lipinski definition) is 0. The second-order valence-electron chi connectivity index (χ2n) is 8.43. The number of fused-ring (bicyclic) bond motifs is 1. The van der Waals surface area contributed by atoms with Gasteiger partial charge in [0, 0.05) is 10.9 Å². The first-order chi connectivity index (χ1) is 15.3. The topological polar surface area (TPSA) is 61.2 Å². The average molecular weight is 447 g/mol. The predicted molar refractivity (Wildman–Crippen MR) is 130 cm³/mol. The molecule has 5 nitrogen and oxygen atoms in total. The van der Waals surface area contributed by atoms with Crippen LogP contribution in [0, 0.1) is 0 Å². The van der Waals surface area contributed by atoms with Crippen LogP contribution in [0.2, 0.25) is 0 Å². The molecule has 0 aliphatic heterocycles. The number of carbonyl (C=O) groups is 1. The molecule has 0 spiro atoms. The zero-order valence-corrected chi connectivity index (χ0v) is 19.5. The molecule has 0 fully saturated rings. The number of rotatable bonds is 6. The predicted octanol–water partition coefficient (Wildman–Crippen LogP) is 5.86. The van der Waals surface area contributed by atoms with Crippen LogP contribution in [-0.4, -0.2) is 21.6 Å². The van der Waals surface area contributed by atoms with Crippen molar-refractivity contribution in [1.29, 1.82) is 0 Å². The van der Waals surface area contributed by atoms with Crippen LogP contribution in [-0.2, 0) is 11.3 Å². The average Bonchev–Trinajstić information content (AvgIpc) is 3.21. The fourth-order valence-corrected chi connectivity index (χ4v) is 4.47. The molecule has 0 aliphatic rings. The van der Waals surface area contributed by atoms with Gasteiger partial charge in [0.2, 0.25) is 0 Å². The minimum Gasteiger partial charge on any atom is -0.459 e. The fraction of sp³-hybridized carbons (Fsp3) is 0.269. The van der Waals surface area contributed by atoms with Gasteiger partial charge >= 0.3 is 5.97 Å². The SMILES string of the molecule is CC(C)OC(=O)c1ccc(Cn2cnc3scc(-c4ccc(C(C)C)cc4)c3c2=O)cc1. The number of thiophene rings is 1. The standard InChI is InChI=1S/C26H26N2O3S/c1-16(2)19-9-11-20(12-10-19)22-14-32-24-23(22)25(29)28(15-27-24)13-18-5-7-21(8-6-18)26(30)31-17(3)4/h5-12,14-17H,13H2,1-4H3. The number of aromatic nitrogens is 2. The molecule has 2 aromatic carbocycles. The summed E-state index contributed by atoms with van der Waals surface area (Å²) in [6.45, 7) is 8.34. The van der Waals surface area contributed by atoms with Crippen molar-refractivity contribution in [1.82, 2.24) is 9.55 Å². The highest BCUT2D eigenvalue weighted by molar-refractivity contribution is 7.17. The maximum atomic E-state index is 13.3. The van der Waals surface area contributed by atoms with Gasteiger partial charge in [-0.3, -0.25) is 9.36 Å².